The normalized spacial score (nSPS) is 11.1. The zero-order valence-corrected chi connectivity index (χ0v) is 17.4. The second-order valence-electron chi connectivity index (χ2n) is 6.66. The van der Waals surface area contributed by atoms with Crippen LogP contribution >= 0.6 is 23.2 Å². The third-order valence-corrected chi connectivity index (χ3v) is 5.16. The van der Waals surface area contributed by atoms with E-state index in [1.165, 1.54) is 0 Å². The molecular weight excluding hydrogens is 419 g/mol. The second-order valence-corrected chi connectivity index (χ2v) is 7.50. The van der Waals surface area contributed by atoms with Crippen molar-refractivity contribution in [2.24, 2.45) is 5.10 Å². The number of hydrogen-bond acceptors (Lipinski definition) is 2. The Kier molecular flexibility index (Phi) is 6.02. The number of aromatic nitrogens is 1. The number of hydrazone groups is 1. The van der Waals surface area contributed by atoms with Crippen LogP contribution in [0, 0.1) is 0 Å². The third-order valence-electron chi connectivity index (χ3n) is 4.58. The highest BCUT2D eigenvalue weighted by Crippen LogP contribution is 2.25. The number of urea groups is 1. The van der Waals surface area contributed by atoms with E-state index in [0.717, 1.165) is 22.0 Å². The van der Waals surface area contributed by atoms with Crippen LogP contribution in [0.1, 0.15) is 11.1 Å². The van der Waals surface area contributed by atoms with Gasteiger partial charge in [0.2, 0.25) is 0 Å². The Morgan fingerprint density at radius 1 is 1.00 bits per heavy atom. The van der Waals surface area contributed by atoms with Gasteiger partial charge in [0.25, 0.3) is 0 Å². The van der Waals surface area contributed by atoms with E-state index in [1.807, 2.05) is 60.8 Å². The Balaban J connectivity index is 1.53. The Morgan fingerprint density at radius 2 is 1.77 bits per heavy atom. The molecule has 0 radical (unpaired) electrons. The quantitative estimate of drug-likeness (QED) is 0.286. The molecule has 0 aliphatic carbocycles. The number of rotatable bonds is 5. The number of halogens is 2. The van der Waals surface area contributed by atoms with Gasteiger partial charge in [0, 0.05) is 44.9 Å². The maximum absolute atomic E-state index is 12.0. The highest BCUT2D eigenvalue weighted by Gasteiger charge is 2.09. The lowest BCUT2D eigenvalue weighted by molar-refractivity contribution is 0.252. The van der Waals surface area contributed by atoms with Gasteiger partial charge in [-0.2, -0.15) is 5.10 Å². The first-order valence-corrected chi connectivity index (χ1v) is 10.0. The monoisotopic (exact) mass is 436 g/mol. The fourth-order valence-electron chi connectivity index (χ4n) is 3.18. The number of anilines is 1. The lowest BCUT2D eigenvalue weighted by Crippen LogP contribution is -2.24. The van der Waals surface area contributed by atoms with Crippen LogP contribution in [0.4, 0.5) is 10.5 Å². The maximum Gasteiger partial charge on any atom is 0.339 e. The van der Waals surface area contributed by atoms with Crippen molar-refractivity contribution in [2.45, 2.75) is 6.54 Å². The molecule has 4 aromatic rings. The van der Waals surface area contributed by atoms with Crippen molar-refractivity contribution in [3.63, 3.8) is 0 Å². The van der Waals surface area contributed by atoms with Gasteiger partial charge in [0.05, 0.1) is 6.21 Å². The predicted molar refractivity (Wildman–Crippen MR) is 124 cm³/mol. The number of para-hydroxylation sites is 2. The molecule has 0 saturated heterocycles. The summed E-state index contributed by atoms with van der Waals surface area (Å²) in [6.45, 7) is 0.590. The molecule has 0 aliphatic rings. The van der Waals surface area contributed by atoms with Crippen LogP contribution in [-0.4, -0.2) is 16.8 Å². The van der Waals surface area contributed by atoms with E-state index in [9.17, 15) is 4.79 Å². The number of carbonyl (C=O) groups excluding carboxylic acids is 1. The summed E-state index contributed by atoms with van der Waals surface area (Å²) in [6.07, 6.45) is 3.61. The average Bonchev–Trinajstić information content (AvgIpc) is 3.08. The van der Waals surface area contributed by atoms with Gasteiger partial charge in [-0.1, -0.05) is 65.7 Å². The van der Waals surface area contributed by atoms with Gasteiger partial charge in [0.15, 0.2) is 0 Å². The molecule has 2 N–H and O–H groups in total. The minimum absolute atomic E-state index is 0.408. The highest BCUT2D eigenvalue weighted by molar-refractivity contribution is 6.35. The number of amides is 2. The van der Waals surface area contributed by atoms with Crippen molar-refractivity contribution < 1.29 is 4.79 Å². The number of carbonyl (C=O) groups is 1. The number of benzene rings is 3. The molecule has 0 fully saturated rings. The first-order chi connectivity index (χ1) is 14.6. The third kappa shape index (κ3) is 4.64. The lowest BCUT2D eigenvalue weighted by Gasteiger charge is -2.08. The van der Waals surface area contributed by atoms with Gasteiger partial charge in [-0.15, -0.1) is 0 Å². The SMILES string of the molecule is O=C(N/N=C\c1cn(Cc2ccc(Cl)cc2Cl)c2ccccc12)Nc1ccccc1. The van der Waals surface area contributed by atoms with E-state index in [1.54, 1.807) is 24.4 Å². The van der Waals surface area contributed by atoms with E-state index >= 15 is 0 Å². The van der Waals surface area contributed by atoms with Gasteiger partial charge in [0.1, 0.15) is 0 Å². The summed E-state index contributed by atoms with van der Waals surface area (Å²) < 4.78 is 2.09. The van der Waals surface area contributed by atoms with Gasteiger partial charge in [-0.05, 0) is 35.9 Å². The molecule has 150 valence electrons. The van der Waals surface area contributed by atoms with Crippen LogP contribution < -0.4 is 10.7 Å². The van der Waals surface area contributed by atoms with Crippen LogP contribution in [0.2, 0.25) is 10.0 Å². The van der Waals surface area contributed by atoms with Crippen molar-refractivity contribution in [1.29, 1.82) is 0 Å². The Labute approximate surface area is 183 Å². The molecule has 0 atom stereocenters. The zero-order valence-electron chi connectivity index (χ0n) is 15.8. The van der Waals surface area contributed by atoms with Crippen molar-refractivity contribution in [1.82, 2.24) is 9.99 Å². The molecule has 1 aromatic heterocycles. The molecule has 7 heteroatoms. The molecule has 5 nitrogen and oxygen atoms in total. The van der Waals surface area contributed by atoms with Crippen LogP contribution in [0.5, 0.6) is 0 Å². The average molecular weight is 437 g/mol. The summed E-state index contributed by atoms with van der Waals surface area (Å²) in [5.74, 6) is 0. The molecular formula is C23H18Cl2N4O. The lowest BCUT2D eigenvalue weighted by atomic mass is 10.2. The fourth-order valence-corrected chi connectivity index (χ4v) is 3.65. The summed E-state index contributed by atoms with van der Waals surface area (Å²) in [5.41, 5.74) is 6.08. The molecule has 2 amide bonds. The topological polar surface area (TPSA) is 58.4 Å². The Morgan fingerprint density at radius 3 is 2.57 bits per heavy atom. The second kappa shape index (κ2) is 9.03. The fraction of sp³-hybridized carbons (Fsp3) is 0.0435. The smallest absolute Gasteiger partial charge is 0.339 e. The summed E-state index contributed by atoms with van der Waals surface area (Å²) >= 11 is 12.3. The maximum atomic E-state index is 12.0. The van der Waals surface area contributed by atoms with E-state index in [4.69, 9.17) is 23.2 Å². The highest BCUT2D eigenvalue weighted by atomic mass is 35.5. The minimum Gasteiger partial charge on any atom is -0.342 e. The molecule has 30 heavy (non-hydrogen) atoms. The minimum atomic E-state index is -0.408. The molecule has 0 spiro atoms. The molecule has 0 saturated carbocycles. The van der Waals surface area contributed by atoms with Crippen molar-refractivity contribution >= 4 is 52.0 Å². The van der Waals surface area contributed by atoms with Gasteiger partial charge >= 0.3 is 6.03 Å². The first-order valence-electron chi connectivity index (χ1n) is 9.27. The van der Waals surface area contributed by atoms with Crippen LogP contribution in [0.3, 0.4) is 0 Å². The predicted octanol–water partition coefficient (Wildman–Crippen LogP) is 6.15. The summed E-state index contributed by atoms with van der Waals surface area (Å²) in [5, 5.41) is 9.06. The Bertz CT molecular complexity index is 1220. The van der Waals surface area contributed by atoms with Gasteiger partial charge in [-0.25, -0.2) is 10.2 Å². The molecule has 1 heterocycles. The van der Waals surface area contributed by atoms with Crippen LogP contribution in [0.15, 0.2) is 84.1 Å². The van der Waals surface area contributed by atoms with Gasteiger partial charge in [-0.3, -0.25) is 0 Å². The van der Waals surface area contributed by atoms with Crippen LogP contribution in [-0.2, 0) is 6.54 Å². The number of fused-ring (bicyclic) bond motifs is 1. The Hall–Kier alpha value is -3.28. The van der Waals surface area contributed by atoms with E-state index in [2.05, 4.69) is 20.4 Å². The summed E-state index contributed by atoms with van der Waals surface area (Å²) in [7, 11) is 0. The van der Waals surface area contributed by atoms with Crippen molar-refractivity contribution in [2.75, 3.05) is 5.32 Å². The summed E-state index contributed by atoms with van der Waals surface area (Å²) in [6, 6.07) is 22.3. The van der Waals surface area contributed by atoms with E-state index < -0.39 is 6.03 Å². The van der Waals surface area contributed by atoms with E-state index in [-0.39, 0.29) is 0 Å². The van der Waals surface area contributed by atoms with Crippen molar-refractivity contribution in [3.8, 4) is 0 Å². The standard InChI is InChI=1S/C23H18Cl2N4O/c24-18-11-10-16(21(25)12-18)14-29-15-17(20-8-4-5-9-22(20)29)13-26-28-23(30)27-19-6-2-1-3-7-19/h1-13,15H,14H2,(H2,27,28,30)/b26-13-. The largest absolute Gasteiger partial charge is 0.342 e. The molecule has 4 rings (SSSR count). The molecule has 0 aliphatic heterocycles. The molecule has 0 bridgehead atoms. The van der Waals surface area contributed by atoms with E-state index in [0.29, 0.717) is 22.3 Å². The van der Waals surface area contributed by atoms with Crippen molar-refractivity contribution in [3.05, 3.63) is 100 Å². The first kappa shape index (κ1) is 20.0. The summed E-state index contributed by atoms with van der Waals surface area (Å²) in [4.78, 5) is 12.0. The van der Waals surface area contributed by atoms with Gasteiger partial charge < -0.3 is 9.88 Å². The van der Waals surface area contributed by atoms with Crippen LogP contribution in [0.25, 0.3) is 10.9 Å². The number of nitrogens with zero attached hydrogens (tertiary/aromatic N) is 2. The zero-order chi connectivity index (χ0) is 20.9. The molecule has 3 aromatic carbocycles. The number of hydrogen-bond donors (Lipinski definition) is 2. The number of nitrogens with one attached hydrogen (secondary N) is 2. The molecule has 0 unspecified atom stereocenters.